The van der Waals surface area contributed by atoms with E-state index in [0.29, 0.717) is 29.7 Å². The molecule has 7 nitrogen and oxygen atoms in total. The summed E-state index contributed by atoms with van der Waals surface area (Å²) in [5.41, 5.74) is 2.80. The third kappa shape index (κ3) is 6.24. The van der Waals surface area contributed by atoms with Crippen LogP contribution in [0.2, 0.25) is 0 Å². The van der Waals surface area contributed by atoms with Crippen molar-refractivity contribution in [1.82, 2.24) is 14.5 Å². The fourth-order valence-electron chi connectivity index (χ4n) is 3.63. The second kappa shape index (κ2) is 11.0. The molecule has 0 amide bonds. The van der Waals surface area contributed by atoms with E-state index >= 15 is 0 Å². The van der Waals surface area contributed by atoms with E-state index in [1.165, 1.54) is 32.8 Å². The molecule has 2 heterocycles. The maximum Gasteiger partial charge on any atom is 0.243 e. The number of sulfonamides is 1. The Balaban J connectivity index is 1.33. The van der Waals surface area contributed by atoms with Crippen LogP contribution < -0.4 is 5.32 Å². The van der Waals surface area contributed by atoms with Gasteiger partial charge in [-0.3, -0.25) is 4.79 Å². The number of aryl methyl sites for hydroxylation is 1. The van der Waals surface area contributed by atoms with Gasteiger partial charge < -0.3 is 5.32 Å². The van der Waals surface area contributed by atoms with Crippen LogP contribution in [0.3, 0.4) is 0 Å². The average Bonchev–Trinajstić information content (AvgIpc) is 3.30. The molecule has 4 rings (SSSR count). The molecule has 0 radical (unpaired) electrons. The van der Waals surface area contributed by atoms with Crippen molar-refractivity contribution < 1.29 is 13.2 Å². The van der Waals surface area contributed by atoms with Crippen molar-refractivity contribution in [1.29, 1.82) is 0 Å². The first-order chi connectivity index (χ1) is 16.3. The van der Waals surface area contributed by atoms with Gasteiger partial charge in [0.25, 0.3) is 0 Å². The highest BCUT2D eigenvalue weighted by Crippen LogP contribution is 2.28. The number of nitrogens with zero attached hydrogens (tertiary/aromatic N) is 3. The summed E-state index contributed by atoms with van der Waals surface area (Å²) >= 11 is 2.99. The van der Waals surface area contributed by atoms with E-state index in [9.17, 15) is 13.2 Å². The first kappa shape index (κ1) is 24.8. The van der Waals surface area contributed by atoms with Crippen LogP contribution in [0, 0.1) is 12.8 Å². The summed E-state index contributed by atoms with van der Waals surface area (Å²) in [6.07, 6.45) is 1.71. The van der Waals surface area contributed by atoms with Crippen LogP contribution in [0.1, 0.15) is 41.3 Å². The number of anilines is 1. The molecule has 34 heavy (non-hydrogen) atoms. The van der Waals surface area contributed by atoms with Crippen LogP contribution in [-0.4, -0.2) is 48.3 Å². The monoisotopic (exact) mass is 516 g/mol. The van der Waals surface area contributed by atoms with E-state index in [-0.39, 0.29) is 17.2 Å². The zero-order valence-electron chi connectivity index (χ0n) is 19.2. The molecule has 1 fully saturated rings. The number of hydrogen-bond acceptors (Lipinski definition) is 8. The number of Topliss-reactive ketones (excluding diaryl/α,β-unsaturated/α-hetero) is 1. The summed E-state index contributed by atoms with van der Waals surface area (Å²) < 4.78 is 28.4. The molecule has 1 aromatic heterocycles. The van der Waals surface area contributed by atoms with Crippen LogP contribution in [0.4, 0.5) is 5.13 Å². The van der Waals surface area contributed by atoms with Crippen LogP contribution in [-0.2, 0) is 15.8 Å². The maximum atomic E-state index is 13.0. The number of nitrogens with one attached hydrogen (secondary N) is 1. The number of carbonyl (C=O) groups excluding carboxylic acids is 1. The molecule has 0 saturated carbocycles. The van der Waals surface area contributed by atoms with Crippen molar-refractivity contribution in [3.63, 3.8) is 0 Å². The predicted molar refractivity (Wildman–Crippen MR) is 137 cm³/mol. The minimum absolute atomic E-state index is 0.0159. The van der Waals surface area contributed by atoms with Gasteiger partial charge in [0.1, 0.15) is 0 Å². The molecule has 1 N–H and O–H groups in total. The minimum atomic E-state index is -3.60. The van der Waals surface area contributed by atoms with E-state index in [1.807, 2.05) is 0 Å². The number of rotatable bonds is 9. The van der Waals surface area contributed by atoms with Gasteiger partial charge in [0.15, 0.2) is 10.1 Å². The standard InChI is InChI=1S/C24H28N4O3S3/c1-17-6-8-19(9-7-17)16-32-24-27-26-23(33-24)25-15-22(29)20-4-3-5-21(14-20)34(30,31)28-12-10-18(2)11-13-28/h3-9,14,18H,10-13,15-16H2,1-2H3,(H,25,26). The molecule has 1 aliphatic rings. The summed E-state index contributed by atoms with van der Waals surface area (Å²) in [5.74, 6) is 1.13. The molecule has 180 valence electrons. The molecule has 1 saturated heterocycles. The summed E-state index contributed by atoms with van der Waals surface area (Å²) in [5, 5.41) is 11.9. The lowest BCUT2D eigenvalue weighted by atomic mass is 10.0. The fraction of sp³-hybridized carbons (Fsp3) is 0.375. The van der Waals surface area contributed by atoms with Gasteiger partial charge in [0.2, 0.25) is 15.2 Å². The Morgan fingerprint density at radius 1 is 1.15 bits per heavy atom. The number of hydrogen-bond donors (Lipinski definition) is 1. The summed E-state index contributed by atoms with van der Waals surface area (Å²) in [6.45, 7) is 5.25. The molecule has 0 aliphatic carbocycles. The van der Waals surface area contributed by atoms with E-state index in [2.05, 4.69) is 53.6 Å². The average molecular weight is 517 g/mol. The quantitative estimate of drug-likeness (QED) is 0.321. The Hall–Kier alpha value is -2.27. The van der Waals surface area contributed by atoms with Gasteiger partial charge in [-0.05, 0) is 43.4 Å². The van der Waals surface area contributed by atoms with Crippen LogP contribution in [0.15, 0.2) is 57.8 Å². The molecular formula is C24H28N4O3S3. The Labute approximate surface area is 209 Å². The highest BCUT2D eigenvalue weighted by Gasteiger charge is 2.28. The molecule has 0 atom stereocenters. The van der Waals surface area contributed by atoms with E-state index in [1.54, 1.807) is 30.0 Å². The molecule has 10 heteroatoms. The lowest BCUT2D eigenvalue weighted by Gasteiger charge is -2.29. The Morgan fingerprint density at radius 3 is 2.62 bits per heavy atom. The highest BCUT2D eigenvalue weighted by atomic mass is 32.2. The third-order valence-electron chi connectivity index (χ3n) is 5.83. The Kier molecular flexibility index (Phi) is 8.02. The first-order valence-corrected chi connectivity index (χ1v) is 14.4. The lowest BCUT2D eigenvalue weighted by molar-refractivity contribution is 0.101. The second-order valence-electron chi connectivity index (χ2n) is 8.54. The molecule has 0 spiro atoms. The minimum Gasteiger partial charge on any atom is -0.353 e. The molecule has 2 aromatic carbocycles. The van der Waals surface area contributed by atoms with Crippen molar-refractivity contribution >= 4 is 44.0 Å². The van der Waals surface area contributed by atoms with Gasteiger partial charge in [-0.1, -0.05) is 72.0 Å². The van der Waals surface area contributed by atoms with Crippen LogP contribution >= 0.6 is 23.1 Å². The van der Waals surface area contributed by atoms with Crippen molar-refractivity contribution in [2.45, 2.75) is 41.7 Å². The number of thioether (sulfide) groups is 1. The SMILES string of the molecule is Cc1ccc(CSc2nnc(NCC(=O)c3cccc(S(=O)(=O)N4CCC(C)CC4)c3)s2)cc1. The smallest absolute Gasteiger partial charge is 0.243 e. The zero-order chi connectivity index (χ0) is 24.1. The number of piperidine rings is 1. The van der Waals surface area contributed by atoms with Crippen molar-refractivity contribution in [2.24, 2.45) is 5.92 Å². The molecule has 0 bridgehead atoms. The van der Waals surface area contributed by atoms with Crippen molar-refractivity contribution in [3.8, 4) is 0 Å². The third-order valence-corrected chi connectivity index (χ3v) is 9.81. The van der Waals surface area contributed by atoms with E-state index in [4.69, 9.17) is 0 Å². The number of carbonyl (C=O) groups is 1. The van der Waals surface area contributed by atoms with E-state index in [0.717, 1.165) is 22.9 Å². The van der Waals surface area contributed by atoms with Crippen molar-refractivity contribution in [2.75, 3.05) is 25.0 Å². The van der Waals surface area contributed by atoms with Gasteiger partial charge in [-0.2, -0.15) is 4.31 Å². The fourth-order valence-corrected chi connectivity index (χ4v) is 6.85. The molecule has 1 aliphatic heterocycles. The van der Waals surface area contributed by atoms with E-state index < -0.39 is 10.0 Å². The van der Waals surface area contributed by atoms with Crippen LogP contribution in [0.25, 0.3) is 0 Å². The number of ketones is 1. The zero-order valence-corrected chi connectivity index (χ0v) is 21.7. The van der Waals surface area contributed by atoms with Gasteiger partial charge in [0, 0.05) is 24.4 Å². The van der Waals surface area contributed by atoms with Gasteiger partial charge in [0.05, 0.1) is 11.4 Å². The lowest BCUT2D eigenvalue weighted by Crippen LogP contribution is -2.37. The summed E-state index contributed by atoms with van der Waals surface area (Å²) in [6, 6.07) is 14.7. The largest absolute Gasteiger partial charge is 0.353 e. The van der Waals surface area contributed by atoms with Gasteiger partial charge in [-0.15, -0.1) is 10.2 Å². The maximum absolute atomic E-state index is 13.0. The van der Waals surface area contributed by atoms with Crippen LogP contribution in [0.5, 0.6) is 0 Å². The molecule has 0 unspecified atom stereocenters. The highest BCUT2D eigenvalue weighted by molar-refractivity contribution is 8.00. The van der Waals surface area contributed by atoms with Crippen molar-refractivity contribution in [3.05, 3.63) is 65.2 Å². The molecular weight excluding hydrogens is 488 g/mol. The summed E-state index contributed by atoms with van der Waals surface area (Å²) in [4.78, 5) is 12.9. The Morgan fingerprint density at radius 2 is 1.88 bits per heavy atom. The van der Waals surface area contributed by atoms with Gasteiger partial charge in [-0.25, -0.2) is 8.42 Å². The number of benzene rings is 2. The summed E-state index contributed by atoms with van der Waals surface area (Å²) in [7, 11) is -3.60. The Bertz CT molecular complexity index is 1230. The number of aromatic nitrogens is 2. The first-order valence-electron chi connectivity index (χ1n) is 11.2. The topological polar surface area (TPSA) is 92.3 Å². The second-order valence-corrected chi connectivity index (χ2v) is 12.7. The van der Waals surface area contributed by atoms with Gasteiger partial charge >= 0.3 is 0 Å². The molecule has 3 aromatic rings. The normalized spacial score (nSPS) is 15.4. The predicted octanol–water partition coefficient (Wildman–Crippen LogP) is 4.85.